The predicted molar refractivity (Wildman–Crippen MR) is 52.1 cm³/mol. The maximum absolute atomic E-state index is 6.06. The fourth-order valence-corrected chi connectivity index (χ4v) is 3.71. The van der Waals surface area contributed by atoms with Gasteiger partial charge in [0, 0.05) is 5.25 Å². The Kier molecular flexibility index (Phi) is 3.20. The third-order valence-corrected chi connectivity index (χ3v) is 5.29. The topological polar surface area (TPSA) is 0 Å². The Balaban J connectivity index is 2.39. The van der Waals surface area contributed by atoms with Crippen molar-refractivity contribution in [3.63, 3.8) is 0 Å². The molecule has 0 amide bonds. The lowest BCUT2D eigenvalue weighted by Crippen LogP contribution is -2.13. The second-order valence-corrected chi connectivity index (χ2v) is 9.59. The summed E-state index contributed by atoms with van der Waals surface area (Å²) >= 11 is 0. The van der Waals surface area contributed by atoms with Crippen LogP contribution in [0.4, 0.5) is 0 Å². The summed E-state index contributed by atoms with van der Waals surface area (Å²) in [5.74, 6) is 0. The summed E-state index contributed by atoms with van der Waals surface area (Å²) in [6.45, 7) is 0. The summed E-state index contributed by atoms with van der Waals surface area (Å²) in [7, 11) is 10.8. The van der Waals surface area contributed by atoms with E-state index >= 15 is 0 Å². The van der Waals surface area contributed by atoms with Crippen LogP contribution in [0.25, 0.3) is 0 Å². The molecular formula is C7H14Cl2S. The molecule has 0 unspecified atom stereocenters. The maximum Gasteiger partial charge on any atom is 0.0142 e. The number of rotatable bonds is 1. The van der Waals surface area contributed by atoms with Crippen molar-refractivity contribution in [3.8, 4) is 0 Å². The summed E-state index contributed by atoms with van der Waals surface area (Å²) in [5, 5.41) is 0.615. The van der Waals surface area contributed by atoms with Crippen LogP contribution >= 0.6 is 29.8 Å². The molecular weight excluding hydrogens is 187 g/mol. The fraction of sp³-hybridized carbons (Fsp3) is 1.00. The van der Waals surface area contributed by atoms with Crippen molar-refractivity contribution in [3.05, 3.63) is 0 Å². The Bertz CT molecular complexity index is 103. The first kappa shape index (κ1) is 9.02. The summed E-state index contributed by atoms with van der Waals surface area (Å²) in [6.07, 6.45) is 8.52. The van der Waals surface area contributed by atoms with Gasteiger partial charge in [0.15, 0.2) is 0 Å². The second-order valence-electron chi connectivity index (χ2n) is 3.04. The van der Waals surface area contributed by atoms with Crippen LogP contribution in [-0.4, -0.2) is 11.5 Å². The van der Waals surface area contributed by atoms with Crippen LogP contribution in [0.2, 0.25) is 0 Å². The first-order valence-electron chi connectivity index (χ1n) is 3.77. The highest BCUT2D eigenvalue weighted by molar-refractivity contribution is 8.65. The van der Waals surface area contributed by atoms with E-state index in [1.54, 1.807) is 0 Å². The zero-order valence-electron chi connectivity index (χ0n) is 6.28. The highest BCUT2D eigenvalue weighted by Gasteiger charge is 2.25. The largest absolute Gasteiger partial charge is 0.0844 e. The van der Waals surface area contributed by atoms with Gasteiger partial charge in [0.05, 0.1) is 0 Å². The predicted octanol–water partition coefficient (Wildman–Crippen LogP) is 4.06. The van der Waals surface area contributed by atoms with Gasteiger partial charge in [-0.2, -0.15) is 0 Å². The molecule has 0 saturated heterocycles. The highest BCUT2D eigenvalue weighted by atomic mass is 36.0. The Labute approximate surface area is 73.6 Å². The third kappa shape index (κ3) is 2.52. The standard InChI is InChI=1S/C7H14Cl2S/c1-10(8,9)7-5-3-2-4-6-7/h7H,2-6H2,1H3. The van der Waals surface area contributed by atoms with Crippen molar-refractivity contribution < 1.29 is 0 Å². The van der Waals surface area contributed by atoms with Gasteiger partial charge in [-0.15, -0.1) is 0 Å². The molecule has 0 aromatic heterocycles. The van der Waals surface area contributed by atoms with Gasteiger partial charge < -0.3 is 0 Å². The monoisotopic (exact) mass is 200 g/mol. The second kappa shape index (κ2) is 3.55. The Morgan fingerprint density at radius 3 is 1.90 bits per heavy atom. The Morgan fingerprint density at radius 2 is 1.60 bits per heavy atom. The van der Waals surface area contributed by atoms with Crippen molar-refractivity contribution in [2.45, 2.75) is 37.4 Å². The molecule has 0 heterocycles. The van der Waals surface area contributed by atoms with Gasteiger partial charge in [-0.1, -0.05) is 49.1 Å². The molecule has 1 saturated carbocycles. The van der Waals surface area contributed by atoms with Gasteiger partial charge >= 0.3 is 0 Å². The minimum Gasteiger partial charge on any atom is -0.0844 e. The fourth-order valence-electron chi connectivity index (χ4n) is 1.48. The molecule has 0 aromatic carbocycles. The number of halogens is 2. The molecule has 10 heavy (non-hydrogen) atoms. The van der Waals surface area contributed by atoms with Crippen LogP contribution in [0.3, 0.4) is 0 Å². The summed E-state index contributed by atoms with van der Waals surface area (Å²) in [4.78, 5) is 0. The van der Waals surface area contributed by atoms with Gasteiger partial charge in [0.25, 0.3) is 0 Å². The number of hydrogen-bond acceptors (Lipinski definition) is 0. The lowest BCUT2D eigenvalue weighted by molar-refractivity contribution is 0.515. The van der Waals surface area contributed by atoms with E-state index in [1.807, 2.05) is 6.26 Å². The zero-order chi connectivity index (χ0) is 7.61. The van der Waals surface area contributed by atoms with Crippen molar-refractivity contribution in [2.75, 3.05) is 6.26 Å². The Morgan fingerprint density at radius 1 is 1.10 bits per heavy atom. The first-order chi connectivity index (χ1) is 4.61. The van der Waals surface area contributed by atoms with Crippen LogP contribution in [0.1, 0.15) is 32.1 Å². The van der Waals surface area contributed by atoms with E-state index in [2.05, 4.69) is 0 Å². The lowest BCUT2D eigenvalue weighted by atomic mass is 10.0. The zero-order valence-corrected chi connectivity index (χ0v) is 8.61. The third-order valence-electron chi connectivity index (χ3n) is 2.14. The SMILES string of the molecule is CS(Cl)(Cl)C1CCCCC1. The summed E-state index contributed by atoms with van der Waals surface area (Å²) < 4.78 is 0. The van der Waals surface area contributed by atoms with E-state index < -0.39 is 8.46 Å². The number of hydrogen-bond donors (Lipinski definition) is 0. The van der Waals surface area contributed by atoms with Crippen LogP contribution in [-0.2, 0) is 0 Å². The van der Waals surface area contributed by atoms with E-state index in [1.165, 1.54) is 32.1 Å². The molecule has 0 N–H and O–H groups in total. The summed E-state index contributed by atoms with van der Waals surface area (Å²) in [6, 6.07) is 0. The molecule has 1 fully saturated rings. The van der Waals surface area contributed by atoms with E-state index in [-0.39, 0.29) is 0 Å². The normalized spacial score (nSPS) is 24.7. The van der Waals surface area contributed by atoms with Gasteiger partial charge in [0.1, 0.15) is 0 Å². The molecule has 0 atom stereocenters. The molecule has 1 aliphatic carbocycles. The van der Waals surface area contributed by atoms with Crippen molar-refractivity contribution >= 4 is 29.8 Å². The quantitative estimate of drug-likeness (QED) is 0.600. The molecule has 1 aliphatic rings. The van der Waals surface area contributed by atoms with Crippen molar-refractivity contribution in [1.29, 1.82) is 0 Å². The molecule has 0 bridgehead atoms. The van der Waals surface area contributed by atoms with Gasteiger partial charge in [0.2, 0.25) is 0 Å². The molecule has 0 aromatic rings. The Hall–Kier alpha value is 0.930. The van der Waals surface area contributed by atoms with E-state index in [0.29, 0.717) is 5.25 Å². The van der Waals surface area contributed by atoms with Gasteiger partial charge in [-0.05, 0) is 19.1 Å². The van der Waals surface area contributed by atoms with Crippen LogP contribution in [0.5, 0.6) is 0 Å². The first-order valence-corrected chi connectivity index (χ1v) is 7.53. The van der Waals surface area contributed by atoms with E-state index in [4.69, 9.17) is 21.4 Å². The molecule has 0 nitrogen and oxygen atoms in total. The van der Waals surface area contributed by atoms with Crippen LogP contribution in [0.15, 0.2) is 0 Å². The average molecular weight is 201 g/mol. The summed E-state index contributed by atoms with van der Waals surface area (Å²) in [5.41, 5.74) is 0. The smallest absolute Gasteiger partial charge is 0.0142 e. The van der Waals surface area contributed by atoms with E-state index in [0.717, 1.165) is 0 Å². The van der Waals surface area contributed by atoms with Crippen molar-refractivity contribution in [1.82, 2.24) is 0 Å². The molecule has 0 radical (unpaired) electrons. The van der Waals surface area contributed by atoms with Gasteiger partial charge in [-0.25, -0.2) is 0 Å². The van der Waals surface area contributed by atoms with E-state index in [9.17, 15) is 0 Å². The molecule has 0 spiro atoms. The minimum atomic E-state index is -1.28. The van der Waals surface area contributed by atoms with Crippen molar-refractivity contribution in [2.24, 2.45) is 0 Å². The maximum atomic E-state index is 6.06. The van der Waals surface area contributed by atoms with Crippen LogP contribution in [0, 0.1) is 0 Å². The molecule has 3 heteroatoms. The molecule has 62 valence electrons. The van der Waals surface area contributed by atoms with Gasteiger partial charge in [-0.3, -0.25) is 0 Å². The average Bonchev–Trinajstić information content (AvgIpc) is 1.88. The lowest BCUT2D eigenvalue weighted by Gasteiger charge is -2.33. The highest BCUT2D eigenvalue weighted by Crippen LogP contribution is 2.62. The minimum absolute atomic E-state index is 0.615. The molecule has 1 rings (SSSR count). The molecule has 0 aliphatic heterocycles. The van der Waals surface area contributed by atoms with Crippen LogP contribution < -0.4 is 0 Å².